The molecule has 0 fully saturated rings. The van der Waals surface area contributed by atoms with Crippen molar-refractivity contribution in [2.24, 2.45) is 0 Å². The summed E-state index contributed by atoms with van der Waals surface area (Å²) in [5, 5.41) is 20.2. The number of carbonyl (C=O) groups is 2. The van der Waals surface area contributed by atoms with Crippen molar-refractivity contribution in [3.05, 3.63) is 30.1 Å². The Morgan fingerprint density at radius 2 is 2.17 bits per heavy atom. The van der Waals surface area contributed by atoms with Crippen molar-refractivity contribution in [1.82, 2.24) is 14.8 Å². The number of methoxy groups -OCH3 is 1. The molecule has 0 bridgehead atoms. The molecule has 0 saturated carbocycles. The molecule has 1 aromatic heterocycles. The van der Waals surface area contributed by atoms with Crippen LogP contribution >= 0.6 is 11.8 Å². The lowest BCUT2D eigenvalue weighted by atomic mass is 10.2. The van der Waals surface area contributed by atoms with Crippen LogP contribution in [0.3, 0.4) is 0 Å². The van der Waals surface area contributed by atoms with E-state index in [-0.39, 0.29) is 23.3 Å². The number of thioether (sulfide) groups is 1. The van der Waals surface area contributed by atoms with Gasteiger partial charge in [0.05, 0.1) is 24.1 Å². The highest BCUT2D eigenvalue weighted by Crippen LogP contribution is 2.26. The summed E-state index contributed by atoms with van der Waals surface area (Å²) >= 11 is 1.27. The molecule has 2 N–H and O–H groups in total. The standard InChI is InChI=1S/C15H18N4O4S/c1-9(2)19-8-16-18-15(19)24-7-13(20)17-11-5-4-10(14(21)22)6-12(11)23-3/h4-6,8-9H,7H2,1-3H3,(H,17,20)(H,21,22). The number of benzene rings is 1. The highest BCUT2D eigenvalue weighted by Gasteiger charge is 2.14. The molecule has 2 rings (SSSR count). The maximum absolute atomic E-state index is 12.1. The fourth-order valence-electron chi connectivity index (χ4n) is 1.93. The molecular weight excluding hydrogens is 332 g/mol. The molecule has 128 valence electrons. The average Bonchev–Trinajstić information content (AvgIpc) is 3.02. The molecular formula is C15H18N4O4S. The number of ether oxygens (including phenoxy) is 1. The summed E-state index contributed by atoms with van der Waals surface area (Å²) in [6.07, 6.45) is 1.62. The number of hydrogen-bond acceptors (Lipinski definition) is 6. The van der Waals surface area contributed by atoms with Crippen molar-refractivity contribution in [2.75, 3.05) is 18.2 Å². The van der Waals surface area contributed by atoms with Gasteiger partial charge in [0.15, 0.2) is 5.16 Å². The second-order valence-corrected chi connectivity index (χ2v) is 6.11. The minimum Gasteiger partial charge on any atom is -0.495 e. The Morgan fingerprint density at radius 1 is 1.42 bits per heavy atom. The Hall–Kier alpha value is -2.55. The largest absolute Gasteiger partial charge is 0.495 e. The molecule has 0 aliphatic carbocycles. The van der Waals surface area contributed by atoms with Gasteiger partial charge in [0.1, 0.15) is 12.1 Å². The summed E-state index contributed by atoms with van der Waals surface area (Å²) in [5.41, 5.74) is 0.502. The van der Waals surface area contributed by atoms with Crippen LogP contribution in [0.25, 0.3) is 0 Å². The first-order chi connectivity index (χ1) is 11.4. The van der Waals surface area contributed by atoms with Crippen molar-refractivity contribution in [1.29, 1.82) is 0 Å². The molecule has 0 atom stereocenters. The molecule has 1 heterocycles. The lowest BCUT2D eigenvalue weighted by molar-refractivity contribution is -0.113. The molecule has 0 spiro atoms. The van der Waals surface area contributed by atoms with Gasteiger partial charge in [-0.05, 0) is 32.0 Å². The third kappa shape index (κ3) is 4.25. The Morgan fingerprint density at radius 3 is 2.79 bits per heavy atom. The second-order valence-electron chi connectivity index (χ2n) is 5.17. The zero-order valence-corrected chi connectivity index (χ0v) is 14.3. The Kier molecular flexibility index (Phi) is 5.80. The fraction of sp³-hybridized carbons (Fsp3) is 0.333. The van der Waals surface area contributed by atoms with Gasteiger partial charge >= 0.3 is 5.97 Å². The molecule has 0 unspecified atom stereocenters. The summed E-state index contributed by atoms with van der Waals surface area (Å²) in [7, 11) is 1.41. The molecule has 1 aromatic carbocycles. The van der Waals surface area contributed by atoms with E-state index in [4.69, 9.17) is 9.84 Å². The van der Waals surface area contributed by atoms with Crippen molar-refractivity contribution >= 4 is 29.3 Å². The minimum absolute atomic E-state index is 0.0873. The number of aromatic nitrogens is 3. The van der Waals surface area contributed by atoms with E-state index < -0.39 is 5.97 Å². The first kappa shape index (κ1) is 17.8. The number of nitrogens with one attached hydrogen (secondary N) is 1. The van der Waals surface area contributed by atoms with Crippen molar-refractivity contribution in [3.63, 3.8) is 0 Å². The van der Waals surface area contributed by atoms with E-state index in [2.05, 4.69) is 15.5 Å². The quantitative estimate of drug-likeness (QED) is 0.738. The van der Waals surface area contributed by atoms with Gasteiger partial charge in [-0.2, -0.15) is 0 Å². The Labute approximate surface area is 143 Å². The molecule has 0 radical (unpaired) electrons. The van der Waals surface area contributed by atoms with Gasteiger partial charge in [-0.25, -0.2) is 4.79 Å². The van der Waals surface area contributed by atoms with Crippen LogP contribution in [0.15, 0.2) is 29.7 Å². The predicted molar refractivity (Wildman–Crippen MR) is 89.7 cm³/mol. The lowest BCUT2D eigenvalue weighted by Gasteiger charge is -2.11. The molecule has 9 heteroatoms. The van der Waals surface area contributed by atoms with Gasteiger partial charge in [0, 0.05) is 6.04 Å². The van der Waals surface area contributed by atoms with E-state index in [0.29, 0.717) is 16.6 Å². The number of hydrogen-bond donors (Lipinski definition) is 2. The van der Waals surface area contributed by atoms with Crippen LogP contribution in [0.4, 0.5) is 5.69 Å². The normalized spacial score (nSPS) is 10.7. The average molecular weight is 350 g/mol. The van der Waals surface area contributed by atoms with Crippen LogP contribution in [0.2, 0.25) is 0 Å². The second kappa shape index (κ2) is 7.82. The summed E-state index contributed by atoms with van der Waals surface area (Å²) in [6, 6.07) is 4.47. The fourth-order valence-corrected chi connectivity index (χ4v) is 2.78. The lowest BCUT2D eigenvalue weighted by Crippen LogP contribution is -2.15. The number of carbonyl (C=O) groups excluding carboxylic acids is 1. The Bertz CT molecular complexity index is 745. The van der Waals surface area contributed by atoms with Crippen LogP contribution in [0, 0.1) is 0 Å². The van der Waals surface area contributed by atoms with Gasteiger partial charge in [-0.15, -0.1) is 10.2 Å². The maximum Gasteiger partial charge on any atom is 0.335 e. The third-order valence-electron chi connectivity index (χ3n) is 3.15. The summed E-state index contributed by atoms with van der Waals surface area (Å²) in [4.78, 5) is 23.1. The van der Waals surface area contributed by atoms with Crippen LogP contribution < -0.4 is 10.1 Å². The van der Waals surface area contributed by atoms with Crippen LogP contribution in [0.1, 0.15) is 30.2 Å². The van der Waals surface area contributed by atoms with E-state index in [1.54, 1.807) is 6.33 Å². The highest BCUT2D eigenvalue weighted by atomic mass is 32.2. The number of amides is 1. The van der Waals surface area contributed by atoms with Crippen molar-refractivity contribution < 1.29 is 19.4 Å². The highest BCUT2D eigenvalue weighted by molar-refractivity contribution is 7.99. The zero-order valence-electron chi connectivity index (χ0n) is 13.5. The zero-order chi connectivity index (χ0) is 17.7. The van der Waals surface area contributed by atoms with E-state index in [9.17, 15) is 9.59 Å². The number of rotatable bonds is 7. The Balaban J connectivity index is 2.02. The van der Waals surface area contributed by atoms with Crippen LogP contribution in [-0.4, -0.2) is 44.6 Å². The SMILES string of the molecule is COc1cc(C(=O)O)ccc1NC(=O)CSc1nncn1C(C)C. The molecule has 2 aromatic rings. The summed E-state index contributed by atoms with van der Waals surface area (Å²) in [6.45, 7) is 4.00. The molecule has 0 aliphatic rings. The minimum atomic E-state index is -1.06. The van der Waals surface area contributed by atoms with Crippen LogP contribution in [0.5, 0.6) is 5.75 Å². The van der Waals surface area contributed by atoms with E-state index >= 15 is 0 Å². The third-order valence-corrected chi connectivity index (χ3v) is 4.11. The van der Waals surface area contributed by atoms with Gasteiger partial charge in [0.25, 0.3) is 0 Å². The van der Waals surface area contributed by atoms with Crippen molar-refractivity contribution in [2.45, 2.75) is 25.0 Å². The van der Waals surface area contributed by atoms with Gasteiger partial charge in [-0.1, -0.05) is 11.8 Å². The molecule has 0 saturated heterocycles. The number of carboxylic acids is 1. The molecule has 1 amide bonds. The monoisotopic (exact) mass is 350 g/mol. The number of carboxylic acid groups (broad SMARTS) is 1. The van der Waals surface area contributed by atoms with Crippen molar-refractivity contribution in [3.8, 4) is 5.75 Å². The number of nitrogens with zero attached hydrogens (tertiary/aromatic N) is 3. The van der Waals surface area contributed by atoms with E-state index in [1.807, 2.05) is 18.4 Å². The number of anilines is 1. The first-order valence-corrected chi connectivity index (χ1v) is 8.14. The molecule has 24 heavy (non-hydrogen) atoms. The predicted octanol–water partition coefficient (Wildman–Crippen LogP) is 2.30. The molecule has 0 aliphatic heterocycles. The molecule has 8 nitrogen and oxygen atoms in total. The van der Waals surface area contributed by atoms with Gasteiger partial charge in [-0.3, -0.25) is 4.79 Å². The summed E-state index contributed by atoms with van der Waals surface area (Å²) < 4.78 is 7.00. The van der Waals surface area contributed by atoms with Crippen LogP contribution in [-0.2, 0) is 4.79 Å². The van der Waals surface area contributed by atoms with E-state index in [1.165, 1.54) is 37.1 Å². The van der Waals surface area contributed by atoms with Gasteiger partial charge < -0.3 is 19.7 Å². The smallest absolute Gasteiger partial charge is 0.335 e. The summed E-state index contributed by atoms with van der Waals surface area (Å²) in [5.74, 6) is -0.872. The first-order valence-electron chi connectivity index (χ1n) is 7.16. The maximum atomic E-state index is 12.1. The number of aromatic carboxylic acids is 1. The topological polar surface area (TPSA) is 106 Å². The van der Waals surface area contributed by atoms with E-state index in [0.717, 1.165) is 0 Å². The van der Waals surface area contributed by atoms with Gasteiger partial charge in [0.2, 0.25) is 5.91 Å².